The molecule has 0 amide bonds. The predicted octanol–water partition coefficient (Wildman–Crippen LogP) is 2.06. The van der Waals surface area contributed by atoms with Crippen molar-refractivity contribution in [1.29, 1.82) is 0 Å². The van der Waals surface area contributed by atoms with Crippen LogP contribution < -0.4 is 15.2 Å². The van der Waals surface area contributed by atoms with Gasteiger partial charge in [0.1, 0.15) is 11.5 Å². The summed E-state index contributed by atoms with van der Waals surface area (Å²) in [6.07, 6.45) is 3.45. The second kappa shape index (κ2) is 6.13. The Morgan fingerprint density at radius 3 is 2.65 bits per heavy atom. The number of aliphatic carboxylic acids is 1. The lowest BCUT2D eigenvalue weighted by Crippen LogP contribution is -2.15. The lowest BCUT2D eigenvalue weighted by Gasteiger charge is -2.20. The van der Waals surface area contributed by atoms with E-state index in [1.165, 1.54) is 5.56 Å². The maximum absolute atomic E-state index is 10.7. The molecule has 0 radical (unpaired) electrons. The molecule has 20 heavy (non-hydrogen) atoms. The van der Waals surface area contributed by atoms with Gasteiger partial charge in [-0.25, -0.2) is 0 Å². The van der Waals surface area contributed by atoms with Crippen molar-refractivity contribution >= 4 is 5.97 Å². The zero-order valence-electron chi connectivity index (χ0n) is 11.9. The molecular formula is C15H21NO4. The summed E-state index contributed by atoms with van der Waals surface area (Å²) in [5.41, 5.74) is 9.33. The molecule has 0 saturated carbocycles. The smallest absolute Gasteiger partial charge is 0.303 e. The molecular weight excluding hydrogens is 258 g/mol. The molecule has 1 unspecified atom stereocenters. The summed E-state index contributed by atoms with van der Waals surface area (Å²) in [4.78, 5) is 10.7. The van der Waals surface area contributed by atoms with E-state index in [2.05, 4.69) is 0 Å². The monoisotopic (exact) mass is 279 g/mol. The number of benzene rings is 1. The molecule has 0 heterocycles. The number of hydrogen-bond donors (Lipinski definition) is 2. The van der Waals surface area contributed by atoms with Crippen molar-refractivity contribution in [3.63, 3.8) is 0 Å². The van der Waals surface area contributed by atoms with E-state index >= 15 is 0 Å². The summed E-state index contributed by atoms with van der Waals surface area (Å²) in [6, 6.07) is 1.54. The van der Waals surface area contributed by atoms with Crippen LogP contribution in [0.2, 0.25) is 0 Å². The SMILES string of the molecule is COc1cc(C(N)CCC(=O)O)c(OC)c2c1CCC2. The van der Waals surface area contributed by atoms with Gasteiger partial charge in [0.05, 0.1) is 14.2 Å². The van der Waals surface area contributed by atoms with Gasteiger partial charge in [-0.2, -0.15) is 0 Å². The molecule has 1 atom stereocenters. The van der Waals surface area contributed by atoms with Crippen LogP contribution in [0.25, 0.3) is 0 Å². The Balaban J connectivity index is 2.39. The van der Waals surface area contributed by atoms with E-state index in [0.29, 0.717) is 6.42 Å². The molecule has 1 aliphatic rings. The molecule has 2 rings (SSSR count). The average Bonchev–Trinajstić information content (AvgIpc) is 2.92. The highest BCUT2D eigenvalue weighted by Crippen LogP contribution is 2.42. The van der Waals surface area contributed by atoms with Crippen LogP contribution in [0.4, 0.5) is 0 Å². The van der Waals surface area contributed by atoms with Gasteiger partial charge in [0.25, 0.3) is 0 Å². The largest absolute Gasteiger partial charge is 0.496 e. The van der Waals surface area contributed by atoms with Crippen molar-refractivity contribution in [2.45, 2.75) is 38.1 Å². The number of hydrogen-bond acceptors (Lipinski definition) is 4. The number of carbonyl (C=O) groups is 1. The maximum atomic E-state index is 10.7. The average molecular weight is 279 g/mol. The van der Waals surface area contributed by atoms with Crippen LogP contribution in [-0.2, 0) is 17.6 Å². The van der Waals surface area contributed by atoms with Gasteiger partial charge in [-0.3, -0.25) is 4.79 Å². The quantitative estimate of drug-likeness (QED) is 0.833. The Morgan fingerprint density at radius 1 is 1.35 bits per heavy atom. The molecule has 0 saturated heterocycles. The molecule has 0 aliphatic heterocycles. The van der Waals surface area contributed by atoms with Gasteiger partial charge >= 0.3 is 5.97 Å². The molecule has 0 bridgehead atoms. The summed E-state index contributed by atoms with van der Waals surface area (Å²) >= 11 is 0. The molecule has 0 spiro atoms. The van der Waals surface area contributed by atoms with Crippen molar-refractivity contribution in [3.8, 4) is 11.5 Å². The first kappa shape index (κ1) is 14.7. The van der Waals surface area contributed by atoms with Crippen LogP contribution >= 0.6 is 0 Å². The Hall–Kier alpha value is -1.75. The first-order valence-electron chi connectivity index (χ1n) is 6.82. The summed E-state index contributed by atoms with van der Waals surface area (Å²) in [5, 5.41) is 8.78. The third-order valence-electron chi connectivity index (χ3n) is 3.83. The molecule has 3 N–H and O–H groups in total. The van der Waals surface area contributed by atoms with Crippen LogP contribution in [0, 0.1) is 0 Å². The highest BCUT2D eigenvalue weighted by atomic mass is 16.5. The lowest BCUT2D eigenvalue weighted by molar-refractivity contribution is -0.137. The molecule has 1 aliphatic carbocycles. The number of carboxylic acid groups (broad SMARTS) is 1. The van der Waals surface area contributed by atoms with Crippen LogP contribution in [0.3, 0.4) is 0 Å². The highest BCUT2D eigenvalue weighted by Gasteiger charge is 2.25. The minimum Gasteiger partial charge on any atom is -0.496 e. The number of nitrogens with two attached hydrogens (primary N) is 1. The van der Waals surface area contributed by atoms with E-state index in [1.807, 2.05) is 6.07 Å². The second-order valence-electron chi connectivity index (χ2n) is 5.05. The molecule has 5 heteroatoms. The molecule has 1 aromatic carbocycles. The molecule has 110 valence electrons. The zero-order chi connectivity index (χ0) is 14.7. The van der Waals surface area contributed by atoms with Gasteiger partial charge in [0, 0.05) is 29.2 Å². The Labute approximate surface area is 118 Å². The van der Waals surface area contributed by atoms with E-state index in [4.69, 9.17) is 20.3 Å². The van der Waals surface area contributed by atoms with Crippen LogP contribution in [0.1, 0.15) is 42.0 Å². The van der Waals surface area contributed by atoms with Crippen LogP contribution in [-0.4, -0.2) is 25.3 Å². The van der Waals surface area contributed by atoms with E-state index in [1.54, 1.807) is 14.2 Å². The number of carboxylic acids is 1. The van der Waals surface area contributed by atoms with Gasteiger partial charge < -0.3 is 20.3 Å². The maximum Gasteiger partial charge on any atom is 0.303 e. The van der Waals surface area contributed by atoms with Gasteiger partial charge in [-0.15, -0.1) is 0 Å². The number of rotatable bonds is 6. The molecule has 0 aromatic heterocycles. The topological polar surface area (TPSA) is 81.8 Å². The van der Waals surface area contributed by atoms with Crippen molar-refractivity contribution in [2.75, 3.05) is 14.2 Å². The summed E-state index contributed by atoms with van der Waals surface area (Å²) in [7, 11) is 3.28. The number of fused-ring (bicyclic) bond motifs is 1. The lowest BCUT2D eigenvalue weighted by atomic mass is 9.96. The summed E-state index contributed by atoms with van der Waals surface area (Å²) in [5.74, 6) is 0.794. The Kier molecular flexibility index (Phi) is 4.49. The minimum absolute atomic E-state index is 0.0454. The fourth-order valence-electron chi connectivity index (χ4n) is 2.87. The minimum atomic E-state index is -0.840. The van der Waals surface area contributed by atoms with Crippen molar-refractivity contribution in [1.82, 2.24) is 0 Å². The predicted molar refractivity (Wildman–Crippen MR) is 75.4 cm³/mol. The van der Waals surface area contributed by atoms with Gasteiger partial charge in [0.2, 0.25) is 0 Å². The van der Waals surface area contributed by atoms with Crippen molar-refractivity contribution < 1.29 is 19.4 Å². The van der Waals surface area contributed by atoms with E-state index in [-0.39, 0.29) is 12.5 Å². The third-order valence-corrected chi connectivity index (χ3v) is 3.83. The Morgan fingerprint density at radius 2 is 2.05 bits per heavy atom. The van der Waals surface area contributed by atoms with Crippen LogP contribution in [0.5, 0.6) is 11.5 Å². The second-order valence-corrected chi connectivity index (χ2v) is 5.05. The van der Waals surface area contributed by atoms with E-state index in [9.17, 15) is 4.79 Å². The van der Waals surface area contributed by atoms with Gasteiger partial charge in [0.15, 0.2) is 0 Å². The normalized spacial score (nSPS) is 14.8. The molecule has 0 fully saturated rings. The van der Waals surface area contributed by atoms with Crippen molar-refractivity contribution in [3.05, 3.63) is 22.8 Å². The summed E-state index contributed by atoms with van der Waals surface area (Å²) in [6.45, 7) is 0. The van der Waals surface area contributed by atoms with Gasteiger partial charge in [-0.05, 0) is 31.7 Å². The highest BCUT2D eigenvalue weighted by molar-refractivity contribution is 5.67. The van der Waals surface area contributed by atoms with Crippen molar-refractivity contribution in [2.24, 2.45) is 5.73 Å². The molecule has 1 aromatic rings. The standard InChI is InChI=1S/C15H21NO4/c1-19-13-8-11(12(16)6-7-14(17)18)15(20-2)10-5-3-4-9(10)13/h8,12H,3-7,16H2,1-2H3,(H,17,18). The van der Waals surface area contributed by atoms with Gasteiger partial charge in [-0.1, -0.05) is 0 Å². The fourth-order valence-corrected chi connectivity index (χ4v) is 2.87. The van der Waals surface area contributed by atoms with Crippen LogP contribution in [0.15, 0.2) is 6.07 Å². The number of ether oxygens (including phenoxy) is 2. The fraction of sp³-hybridized carbons (Fsp3) is 0.533. The third kappa shape index (κ3) is 2.72. The zero-order valence-corrected chi connectivity index (χ0v) is 11.9. The van der Waals surface area contributed by atoms with E-state index in [0.717, 1.165) is 41.9 Å². The van der Waals surface area contributed by atoms with E-state index < -0.39 is 5.97 Å². The number of methoxy groups -OCH3 is 2. The molecule has 5 nitrogen and oxygen atoms in total. The Bertz CT molecular complexity index is 513. The summed E-state index contributed by atoms with van der Waals surface area (Å²) < 4.78 is 11.0. The first-order valence-corrected chi connectivity index (χ1v) is 6.82. The first-order chi connectivity index (χ1) is 9.58.